The Morgan fingerprint density at radius 2 is 2.17 bits per heavy atom. The predicted molar refractivity (Wildman–Crippen MR) is 77.6 cm³/mol. The maximum Gasteiger partial charge on any atom is 0.240 e. The molecule has 18 heavy (non-hydrogen) atoms. The molecular formula is C14H26N2OS. The van der Waals surface area contributed by atoms with Gasteiger partial charge in [0, 0.05) is 11.3 Å². The molecule has 1 saturated carbocycles. The molecule has 0 aromatic carbocycles. The number of rotatable bonds is 4. The second kappa shape index (κ2) is 5.83. The van der Waals surface area contributed by atoms with Gasteiger partial charge in [0.15, 0.2) is 0 Å². The quantitative estimate of drug-likeness (QED) is 0.852. The molecule has 2 fully saturated rings. The molecule has 2 aliphatic rings. The van der Waals surface area contributed by atoms with Crippen LogP contribution < -0.4 is 5.32 Å². The molecule has 0 bridgehead atoms. The van der Waals surface area contributed by atoms with Crippen LogP contribution in [0.4, 0.5) is 0 Å². The fourth-order valence-corrected chi connectivity index (χ4v) is 4.05. The molecule has 1 amide bonds. The van der Waals surface area contributed by atoms with E-state index in [0.29, 0.717) is 17.9 Å². The summed E-state index contributed by atoms with van der Waals surface area (Å²) in [5.74, 6) is 0.938. The number of amides is 1. The lowest BCUT2D eigenvalue weighted by atomic mass is 10.1. The summed E-state index contributed by atoms with van der Waals surface area (Å²) in [6, 6.07) is 0.471. The number of hydrogen-bond acceptors (Lipinski definition) is 3. The molecule has 0 aromatic rings. The summed E-state index contributed by atoms with van der Waals surface area (Å²) in [5, 5.41) is 4.21. The lowest BCUT2D eigenvalue weighted by molar-refractivity contribution is -0.132. The SMILES string of the molecule is CSC1CCC(N2C(=O)C(C)NC2CC(C)C)C1. The van der Waals surface area contributed by atoms with E-state index < -0.39 is 0 Å². The highest BCUT2D eigenvalue weighted by molar-refractivity contribution is 7.99. The van der Waals surface area contributed by atoms with Crippen LogP contribution in [0, 0.1) is 5.92 Å². The van der Waals surface area contributed by atoms with E-state index in [0.717, 1.165) is 11.7 Å². The zero-order valence-electron chi connectivity index (χ0n) is 12.0. The predicted octanol–water partition coefficient (Wildman–Crippen LogP) is 2.46. The van der Waals surface area contributed by atoms with Gasteiger partial charge in [0.05, 0.1) is 12.2 Å². The lowest BCUT2D eigenvalue weighted by Crippen LogP contribution is -2.44. The summed E-state index contributed by atoms with van der Waals surface area (Å²) in [4.78, 5) is 14.5. The van der Waals surface area contributed by atoms with E-state index >= 15 is 0 Å². The van der Waals surface area contributed by atoms with Crippen LogP contribution in [-0.2, 0) is 4.79 Å². The van der Waals surface area contributed by atoms with Crippen LogP contribution in [0.5, 0.6) is 0 Å². The summed E-state index contributed by atoms with van der Waals surface area (Å²) < 4.78 is 0. The molecule has 1 aliphatic heterocycles. The van der Waals surface area contributed by atoms with Gasteiger partial charge in [-0.05, 0) is 44.8 Å². The van der Waals surface area contributed by atoms with Gasteiger partial charge in [0.25, 0.3) is 0 Å². The molecule has 2 rings (SSSR count). The maximum absolute atomic E-state index is 12.3. The van der Waals surface area contributed by atoms with Crippen LogP contribution in [0.25, 0.3) is 0 Å². The van der Waals surface area contributed by atoms with Crippen molar-refractivity contribution in [2.24, 2.45) is 5.92 Å². The minimum absolute atomic E-state index is 0.00193. The second-order valence-electron chi connectivity index (χ2n) is 6.10. The first kappa shape index (κ1) is 14.2. The Kier molecular flexibility index (Phi) is 4.59. The molecule has 0 spiro atoms. The van der Waals surface area contributed by atoms with E-state index in [9.17, 15) is 4.79 Å². The molecule has 4 unspecified atom stereocenters. The fraction of sp³-hybridized carbons (Fsp3) is 0.929. The number of nitrogens with zero attached hydrogens (tertiary/aromatic N) is 1. The highest BCUT2D eigenvalue weighted by Gasteiger charge is 2.42. The number of nitrogens with one attached hydrogen (secondary N) is 1. The summed E-state index contributed by atoms with van der Waals surface area (Å²) in [6.07, 6.45) is 7.13. The third-order valence-corrected chi connectivity index (χ3v) is 5.28. The molecule has 1 aliphatic carbocycles. The van der Waals surface area contributed by atoms with Gasteiger partial charge in [-0.3, -0.25) is 10.1 Å². The topological polar surface area (TPSA) is 32.3 Å². The highest BCUT2D eigenvalue weighted by Crippen LogP contribution is 2.34. The molecule has 0 radical (unpaired) electrons. The van der Waals surface area contributed by atoms with E-state index in [-0.39, 0.29) is 12.2 Å². The van der Waals surface area contributed by atoms with Gasteiger partial charge in [0.2, 0.25) is 5.91 Å². The fourth-order valence-electron chi connectivity index (χ4n) is 3.26. The molecule has 3 nitrogen and oxygen atoms in total. The van der Waals surface area contributed by atoms with Gasteiger partial charge in [0.1, 0.15) is 0 Å². The van der Waals surface area contributed by atoms with Gasteiger partial charge in [-0.15, -0.1) is 0 Å². The van der Waals surface area contributed by atoms with Crippen molar-refractivity contribution in [2.75, 3.05) is 6.26 Å². The number of hydrogen-bond donors (Lipinski definition) is 1. The molecule has 104 valence electrons. The third kappa shape index (κ3) is 2.85. The van der Waals surface area contributed by atoms with Crippen molar-refractivity contribution < 1.29 is 4.79 Å². The first-order valence-corrected chi connectivity index (χ1v) is 8.42. The Bertz CT molecular complexity index is 308. The normalized spacial score (nSPS) is 36.9. The first-order chi connectivity index (χ1) is 8.52. The smallest absolute Gasteiger partial charge is 0.240 e. The van der Waals surface area contributed by atoms with Gasteiger partial charge < -0.3 is 4.90 Å². The minimum Gasteiger partial charge on any atom is -0.323 e. The van der Waals surface area contributed by atoms with Crippen molar-refractivity contribution in [3.05, 3.63) is 0 Å². The molecule has 4 atom stereocenters. The van der Waals surface area contributed by atoms with Crippen molar-refractivity contribution in [2.45, 2.75) is 70.0 Å². The molecular weight excluding hydrogens is 244 g/mol. The summed E-state index contributed by atoms with van der Waals surface area (Å²) in [5.41, 5.74) is 0. The average Bonchev–Trinajstić information content (AvgIpc) is 2.85. The van der Waals surface area contributed by atoms with Crippen LogP contribution in [0.3, 0.4) is 0 Å². The van der Waals surface area contributed by atoms with Crippen molar-refractivity contribution in [3.8, 4) is 0 Å². The van der Waals surface area contributed by atoms with Crippen molar-refractivity contribution >= 4 is 17.7 Å². The van der Waals surface area contributed by atoms with E-state index in [2.05, 4.69) is 30.3 Å². The zero-order valence-corrected chi connectivity index (χ0v) is 12.8. The number of carbonyl (C=O) groups is 1. The largest absolute Gasteiger partial charge is 0.323 e. The van der Waals surface area contributed by atoms with Crippen LogP contribution >= 0.6 is 11.8 Å². The van der Waals surface area contributed by atoms with E-state index in [1.54, 1.807) is 0 Å². The molecule has 1 N–H and O–H groups in total. The van der Waals surface area contributed by atoms with Gasteiger partial charge >= 0.3 is 0 Å². The van der Waals surface area contributed by atoms with Crippen LogP contribution in [0.1, 0.15) is 46.5 Å². The Morgan fingerprint density at radius 3 is 2.72 bits per heavy atom. The monoisotopic (exact) mass is 270 g/mol. The summed E-state index contributed by atoms with van der Waals surface area (Å²) >= 11 is 1.95. The van der Waals surface area contributed by atoms with Crippen LogP contribution in [0.2, 0.25) is 0 Å². The van der Waals surface area contributed by atoms with Crippen LogP contribution in [0.15, 0.2) is 0 Å². The first-order valence-electron chi connectivity index (χ1n) is 7.14. The maximum atomic E-state index is 12.3. The molecule has 1 heterocycles. The van der Waals surface area contributed by atoms with E-state index in [1.165, 1.54) is 19.3 Å². The molecule has 4 heteroatoms. The van der Waals surface area contributed by atoms with Crippen molar-refractivity contribution in [1.29, 1.82) is 0 Å². The zero-order chi connectivity index (χ0) is 13.3. The summed E-state index contributed by atoms with van der Waals surface area (Å²) in [6.45, 7) is 6.45. The number of carbonyl (C=O) groups excluding carboxylic acids is 1. The Hall–Kier alpha value is -0.220. The third-order valence-electron chi connectivity index (χ3n) is 4.18. The van der Waals surface area contributed by atoms with E-state index in [1.807, 2.05) is 18.7 Å². The minimum atomic E-state index is 0.00193. The van der Waals surface area contributed by atoms with Crippen molar-refractivity contribution in [1.82, 2.24) is 10.2 Å². The highest BCUT2D eigenvalue weighted by atomic mass is 32.2. The Balaban J connectivity index is 2.05. The van der Waals surface area contributed by atoms with E-state index in [4.69, 9.17) is 0 Å². The van der Waals surface area contributed by atoms with Gasteiger partial charge in [-0.2, -0.15) is 11.8 Å². The molecule has 1 saturated heterocycles. The average molecular weight is 270 g/mol. The molecule has 0 aromatic heterocycles. The second-order valence-corrected chi connectivity index (χ2v) is 7.24. The van der Waals surface area contributed by atoms with Crippen LogP contribution in [-0.4, -0.2) is 40.6 Å². The Labute approximate surface area is 115 Å². The van der Waals surface area contributed by atoms with Crippen molar-refractivity contribution in [3.63, 3.8) is 0 Å². The Morgan fingerprint density at radius 1 is 1.44 bits per heavy atom. The summed E-state index contributed by atoms with van der Waals surface area (Å²) in [7, 11) is 0. The standard InChI is InChI=1S/C14H26N2OS/c1-9(2)7-13-15-10(3)14(17)16(13)11-5-6-12(8-11)18-4/h9-13,15H,5-8H2,1-4H3. The van der Waals surface area contributed by atoms with Gasteiger partial charge in [-0.25, -0.2) is 0 Å². The number of thioether (sulfide) groups is 1. The lowest BCUT2D eigenvalue weighted by Gasteiger charge is -2.31. The van der Waals surface area contributed by atoms with Gasteiger partial charge in [-0.1, -0.05) is 13.8 Å².